The van der Waals surface area contributed by atoms with Gasteiger partial charge in [0.1, 0.15) is 0 Å². The molecular formula is C16H15N7S. The van der Waals surface area contributed by atoms with Crippen molar-refractivity contribution in [1.29, 1.82) is 0 Å². The maximum absolute atomic E-state index is 4.50. The Morgan fingerprint density at radius 1 is 1.21 bits per heavy atom. The lowest BCUT2D eigenvalue weighted by Crippen LogP contribution is -2.01. The molecule has 120 valence electrons. The molecule has 0 amide bonds. The molecule has 3 aromatic heterocycles. The van der Waals surface area contributed by atoms with Gasteiger partial charge in [-0.15, -0.1) is 5.10 Å². The van der Waals surface area contributed by atoms with Gasteiger partial charge in [-0.2, -0.15) is 4.68 Å². The fourth-order valence-corrected chi connectivity index (χ4v) is 3.32. The minimum atomic E-state index is 0.675. The van der Waals surface area contributed by atoms with Gasteiger partial charge in [-0.1, -0.05) is 29.5 Å². The maximum Gasteiger partial charge on any atom is 0.233 e. The zero-order valence-electron chi connectivity index (χ0n) is 13.3. The van der Waals surface area contributed by atoms with Gasteiger partial charge in [-0.25, -0.2) is 9.97 Å². The van der Waals surface area contributed by atoms with E-state index < -0.39 is 0 Å². The molecule has 0 saturated carbocycles. The van der Waals surface area contributed by atoms with E-state index in [1.54, 1.807) is 22.6 Å². The summed E-state index contributed by atoms with van der Waals surface area (Å²) in [5.74, 6) is 1.37. The summed E-state index contributed by atoms with van der Waals surface area (Å²) in [6.07, 6.45) is 5.64. The van der Waals surface area contributed by atoms with E-state index in [9.17, 15) is 0 Å². The number of rotatable bonds is 4. The van der Waals surface area contributed by atoms with Crippen molar-refractivity contribution in [3.63, 3.8) is 0 Å². The smallest absolute Gasteiger partial charge is 0.233 e. The van der Waals surface area contributed by atoms with Crippen LogP contribution in [-0.2, 0) is 5.75 Å². The Morgan fingerprint density at radius 3 is 2.96 bits per heavy atom. The molecular weight excluding hydrogens is 322 g/mol. The van der Waals surface area contributed by atoms with Crippen LogP contribution in [0.15, 0.2) is 48.0 Å². The fraction of sp³-hybridized carbons (Fsp3) is 0.188. The summed E-state index contributed by atoms with van der Waals surface area (Å²) < 4.78 is 3.68. The Balaban J connectivity index is 1.58. The second-order valence-electron chi connectivity index (χ2n) is 5.51. The van der Waals surface area contributed by atoms with E-state index in [1.165, 1.54) is 5.56 Å². The van der Waals surface area contributed by atoms with Crippen molar-refractivity contribution in [1.82, 2.24) is 34.6 Å². The average Bonchev–Trinajstić information content (AvgIpc) is 3.19. The van der Waals surface area contributed by atoms with Crippen LogP contribution < -0.4 is 0 Å². The standard InChI is InChI=1S/C16H15N7S/c1-11-4-5-14(12(2)8-11)23-16(19-20-21-23)24-10-13-9-22-7-3-6-17-15(22)18-13/h3-9H,10H2,1-2H3. The molecule has 0 aliphatic carbocycles. The number of imidazole rings is 1. The first-order valence-electron chi connectivity index (χ1n) is 7.48. The first-order chi connectivity index (χ1) is 11.7. The van der Waals surface area contributed by atoms with Crippen molar-refractivity contribution in [3.8, 4) is 5.69 Å². The van der Waals surface area contributed by atoms with E-state index in [1.807, 2.05) is 28.9 Å². The molecule has 0 aliphatic heterocycles. The normalized spacial score (nSPS) is 11.2. The number of tetrazole rings is 1. The molecule has 4 rings (SSSR count). The molecule has 7 nitrogen and oxygen atoms in total. The van der Waals surface area contributed by atoms with Crippen molar-refractivity contribution in [2.75, 3.05) is 0 Å². The Bertz CT molecular complexity index is 972. The molecule has 0 saturated heterocycles. The summed E-state index contributed by atoms with van der Waals surface area (Å²) in [7, 11) is 0. The highest BCUT2D eigenvalue weighted by Gasteiger charge is 2.12. The van der Waals surface area contributed by atoms with Gasteiger partial charge >= 0.3 is 0 Å². The molecule has 24 heavy (non-hydrogen) atoms. The predicted octanol–water partition coefficient (Wildman–Crippen LogP) is 2.61. The van der Waals surface area contributed by atoms with Crippen LogP contribution in [0.5, 0.6) is 0 Å². The zero-order chi connectivity index (χ0) is 16.5. The average molecular weight is 337 g/mol. The summed E-state index contributed by atoms with van der Waals surface area (Å²) >= 11 is 1.55. The minimum Gasteiger partial charge on any atom is -0.291 e. The molecule has 0 N–H and O–H groups in total. The third-order valence-electron chi connectivity index (χ3n) is 3.66. The third-order valence-corrected chi connectivity index (χ3v) is 4.61. The lowest BCUT2D eigenvalue weighted by Gasteiger charge is -2.07. The molecule has 0 atom stereocenters. The Labute approximate surface area is 142 Å². The number of aromatic nitrogens is 7. The van der Waals surface area contributed by atoms with Gasteiger partial charge in [0.25, 0.3) is 0 Å². The minimum absolute atomic E-state index is 0.675. The van der Waals surface area contributed by atoms with Crippen LogP contribution in [0.3, 0.4) is 0 Å². The van der Waals surface area contributed by atoms with Crippen LogP contribution in [0.4, 0.5) is 0 Å². The lowest BCUT2D eigenvalue weighted by molar-refractivity contribution is 0.751. The summed E-state index contributed by atoms with van der Waals surface area (Å²) in [4.78, 5) is 8.73. The molecule has 0 aliphatic rings. The van der Waals surface area contributed by atoms with Crippen molar-refractivity contribution in [2.24, 2.45) is 0 Å². The molecule has 3 heterocycles. The van der Waals surface area contributed by atoms with Gasteiger partial charge in [-0.3, -0.25) is 4.40 Å². The van der Waals surface area contributed by atoms with E-state index in [-0.39, 0.29) is 0 Å². The van der Waals surface area contributed by atoms with Crippen molar-refractivity contribution in [3.05, 3.63) is 59.7 Å². The van der Waals surface area contributed by atoms with Crippen molar-refractivity contribution >= 4 is 17.5 Å². The molecule has 1 aromatic carbocycles. The SMILES string of the molecule is Cc1ccc(-n2nnnc2SCc2cn3cccnc3n2)c(C)c1. The highest BCUT2D eigenvalue weighted by Crippen LogP contribution is 2.24. The Morgan fingerprint density at radius 2 is 2.12 bits per heavy atom. The van der Waals surface area contributed by atoms with E-state index in [2.05, 4.69) is 51.5 Å². The number of fused-ring (bicyclic) bond motifs is 1. The lowest BCUT2D eigenvalue weighted by atomic mass is 10.1. The number of hydrogen-bond acceptors (Lipinski definition) is 6. The van der Waals surface area contributed by atoms with Crippen molar-refractivity contribution < 1.29 is 0 Å². The van der Waals surface area contributed by atoms with Gasteiger partial charge < -0.3 is 0 Å². The number of benzene rings is 1. The number of aryl methyl sites for hydroxylation is 2. The van der Waals surface area contributed by atoms with E-state index in [0.29, 0.717) is 11.5 Å². The van der Waals surface area contributed by atoms with Crippen LogP contribution >= 0.6 is 11.8 Å². The Kier molecular flexibility index (Phi) is 3.73. The predicted molar refractivity (Wildman–Crippen MR) is 91.2 cm³/mol. The quantitative estimate of drug-likeness (QED) is 0.533. The highest BCUT2D eigenvalue weighted by molar-refractivity contribution is 7.98. The second kappa shape index (κ2) is 6.04. The molecule has 8 heteroatoms. The first-order valence-corrected chi connectivity index (χ1v) is 8.47. The van der Waals surface area contributed by atoms with Crippen molar-refractivity contribution in [2.45, 2.75) is 24.8 Å². The van der Waals surface area contributed by atoms with Crippen LogP contribution in [0.1, 0.15) is 16.8 Å². The van der Waals surface area contributed by atoms with Gasteiger partial charge in [-0.05, 0) is 42.0 Å². The maximum atomic E-state index is 4.50. The van der Waals surface area contributed by atoms with Gasteiger partial charge in [0.05, 0.1) is 11.4 Å². The van der Waals surface area contributed by atoms with Crippen LogP contribution in [-0.4, -0.2) is 34.6 Å². The molecule has 4 aromatic rings. The van der Waals surface area contributed by atoms with E-state index >= 15 is 0 Å². The summed E-state index contributed by atoms with van der Waals surface area (Å²) in [5.41, 5.74) is 4.29. The largest absolute Gasteiger partial charge is 0.291 e. The topological polar surface area (TPSA) is 73.8 Å². The molecule has 0 bridgehead atoms. The number of hydrogen-bond donors (Lipinski definition) is 0. The van der Waals surface area contributed by atoms with Gasteiger partial charge in [0.2, 0.25) is 10.9 Å². The van der Waals surface area contributed by atoms with Crippen LogP contribution in [0.2, 0.25) is 0 Å². The van der Waals surface area contributed by atoms with E-state index in [0.717, 1.165) is 22.1 Å². The Hall–Kier alpha value is -2.74. The van der Waals surface area contributed by atoms with Crippen LogP contribution in [0, 0.1) is 13.8 Å². The van der Waals surface area contributed by atoms with E-state index in [4.69, 9.17) is 0 Å². The third kappa shape index (κ3) is 2.76. The van der Waals surface area contributed by atoms with Crippen LogP contribution in [0.25, 0.3) is 11.5 Å². The van der Waals surface area contributed by atoms with Gasteiger partial charge in [0, 0.05) is 24.3 Å². The summed E-state index contributed by atoms with van der Waals surface area (Å²) in [5, 5.41) is 12.8. The van der Waals surface area contributed by atoms with Gasteiger partial charge in [0.15, 0.2) is 0 Å². The zero-order valence-corrected chi connectivity index (χ0v) is 14.1. The molecule has 0 radical (unpaired) electrons. The number of thioether (sulfide) groups is 1. The first kappa shape index (κ1) is 14.8. The molecule has 0 unspecified atom stereocenters. The monoisotopic (exact) mass is 337 g/mol. The molecule has 0 spiro atoms. The summed E-state index contributed by atoms with van der Waals surface area (Å²) in [6, 6.07) is 8.11. The molecule has 0 fully saturated rings. The fourth-order valence-electron chi connectivity index (χ4n) is 2.55. The second-order valence-corrected chi connectivity index (χ2v) is 6.45. The summed E-state index contributed by atoms with van der Waals surface area (Å²) in [6.45, 7) is 4.13. The highest BCUT2D eigenvalue weighted by atomic mass is 32.2. The number of nitrogens with zero attached hydrogens (tertiary/aromatic N) is 7.